The van der Waals surface area contributed by atoms with Crippen molar-refractivity contribution in [1.82, 2.24) is 19.7 Å². The SMILES string of the molecule is C[C@@H]1C(=O)N(C)CCN1CCOc1ccc(N2CCN(C(=O)OC(C)(C)C)CC2)nc1. The molecule has 9 nitrogen and oxygen atoms in total. The van der Waals surface area contributed by atoms with Gasteiger partial charge in [-0.3, -0.25) is 9.69 Å². The predicted octanol–water partition coefficient (Wildman–Crippen LogP) is 1.68. The predicted molar refractivity (Wildman–Crippen MR) is 118 cm³/mol. The number of hydrogen-bond acceptors (Lipinski definition) is 7. The minimum absolute atomic E-state index is 0.109. The number of pyridine rings is 1. The van der Waals surface area contributed by atoms with Gasteiger partial charge in [0.05, 0.1) is 12.2 Å². The highest BCUT2D eigenvalue weighted by atomic mass is 16.6. The first kappa shape index (κ1) is 23.1. The first-order valence-electron chi connectivity index (χ1n) is 10.9. The maximum absolute atomic E-state index is 12.2. The summed E-state index contributed by atoms with van der Waals surface area (Å²) < 4.78 is 11.3. The van der Waals surface area contributed by atoms with Gasteiger partial charge in [0.15, 0.2) is 0 Å². The maximum Gasteiger partial charge on any atom is 0.410 e. The molecule has 2 aliphatic rings. The number of ether oxygens (including phenoxy) is 2. The molecule has 0 radical (unpaired) electrons. The fraction of sp³-hybridized carbons (Fsp3) is 0.682. The number of aromatic nitrogens is 1. The molecule has 0 saturated carbocycles. The summed E-state index contributed by atoms with van der Waals surface area (Å²) in [7, 11) is 1.84. The zero-order valence-corrected chi connectivity index (χ0v) is 19.3. The quantitative estimate of drug-likeness (QED) is 0.699. The van der Waals surface area contributed by atoms with Gasteiger partial charge in [-0.2, -0.15) is 0 Å². The summed E-state index contributed by atoms with van der Waals surface area (Å²) in [6, 6.07) is 3.75. The number of carbonyl (C=O) groups is 2. The molecular weight excluding hydrogens is 398 g/mol. The molecule has 0 spiro atoms. The van der Waals surface area contributed by atoms with Gasteiger partial charge in [-0.15, -0.1) is 0 Å². The molecule has 3 heterocycles. The van der Waals surface area contributed by atoms with Gasteiger partial charge >= 0.3 is 6.09 Å². The largest absolute Gasteiger partial charge is 0.491 e. The van der Waals surface area contributed by atoms with Gasteiger partial charge in [0, 0.05) is 52.9 Å². The topological polar surface area (TPSA) is 78.5 Å². The molecule has 3 rings (SSSR count). The van der Waals surface area contributed by atoms with Crippen molar-refractivity contribution in [2.45, 2.75) is 39.3 Å². The van der Waals surface area contributed by atoms with E-state index >= 15 is 0 Å². The molecule has 0 N–H and O–H groups in total. The highest BCUT2D eigenvalue weighted by Crippen LogP contribution is 2.19. The third-order valence-corrected chi connectivity index (χ3v) is 5.63. The van der Waals surface area contributed by atoms with Crippen LogP contribution in [0.2, 0.25) is 0 Å². The van der Waals surface area contributed by atoms with Gasteiger partial charge in [-0.1, -0.05) is 0 Å². The Morgan fingerprint density at radius 1 is 1.13 bits per heavy atom. The highest BCUT2D eigenvalue weighted by Gasteiger charge is 2.29. The molecule has 1 aromatic heterocycles. The van der Waals surface area contributed by atoms with Crippen molar-refractivity contribution in [3.8, 4) is 5.75 Å². The van der Waals surface area contributed by atoms with Crippen LogP contribution in [0.3, 0.4) is 0 Å². The van der Waals surface area contributed by atoms with Crippen LogP contribution < -0.4 is 9.64 Å². The summed E-state index contributed by atoms with van der Waals surface area (Å²) in [6.45, 7) is 13.0. The van der Waals surface area contributed by atoms with Crippen molar-refractivity contribution in [3.05, 3.63) is 18.3 Å². The molecule has 0 unspecified atom stereocenters. The van der Waals surface area contributed by atoms with Crippen LogP contribution in [-0.2, 0) is 9.53 Å². The Labute approximate surface area is 184 Å². The molecule has 2 saturated heterocycles. The van der Waals surface area contributed by atoms with Crippen LogP contribution in [-0.4, -0.2) is 103 Å². The monoisotopic (exact) mass is 433 g/mol. The maximum atomic E-state index is 12.2. The van der Waals surface area contributed by atoms with Crippen LogP contribution in [0.4, 0.5) is 10.6 Å². The lowest BCUT2D eigenvalue weighted by atomic mass is 10.2. The van der Waals surface area contributed by atoms with Crippen molar-refractivity contribution < 1.29 is 19.1 Å². The molecule has 172 valence electrons. The van der Waals surface area contributed by atoms with Crippen LogP contribution in [0.25, 0.3) is 0 Å². The number of likely N-dealkylation sites (N-methyl/N-ethyl adjacent to an activating group) is 1. The zero-order chi connectivity index (χ0) is 22.6. The van der Waals surface area contributed by atoms with Gasteiger partial charge < -0.3 is 24.2 Å². The Morgan fingerprint density at radius 2 is 1.84 bits per heavy atom. The summed E-state index contributed by atoms with van der Waals surface area (Å²) >= 11 is 0. The van der Waals surface area contributed by atoms with Gasteiger partial charge in [0.1, 0.15) is 23.8 Å². The Kier molecular flexibility index (Phi) is 7.25. The van der Waals surface area contributed by atoms with Crippen molar-refractivity contribution >= 4 is 17.8 Å². The molecule has 2 aliphatic heterocycles. The number of carbonyl (C=O) groups excluding carboxylic acids is 2. The van der Waals surface area contributed by atoms with E-state index in [2.05, 4.69) is 14.8 Å². The molecule has 1 aromatic rings. The van der Waals surface area contributed by atoms with E-state index in [1.165, 1.54) is 0 Å². The van der Waals surface area contributed by atoms with Gasteiger partial charge in [0.2, 0.25) is 5.91 Å². The summed E-state index contributed by atoms with van der Waals surface area (Å²) in [5.41, 5.74) is -0.483. The molecule has 0 aliphatic carbocycles. The summed E-state index contributed by atoms with van der Waals surface area (Å²) in [4.78, 5) is 36.6. The molecule has 2 amide bonds. The molecule has 0 aromatic carbocycles. The zero-order valence-electron chi connectivity index (χ0n) is 19.3. The van der Waals surface area contributed by atoms with E-state index < -0.39 is 5.60 Å². The first-order valence-corrected chi connectivity index (χ1v) is 10.9. The van der Waals surface area contributed by atoms with E-state index in [0.717, 1.165) is 18.9 Å². The van der Waals surface area contributed by atoms with E-state index in [1.54, 1.807) is 16.0 Å². The summed E-state index contributed by atoms with van der Waals surface area (Å²) in [5.74, 6) is 1.74. The lowest BCUT2D eigenvalue weighted by molar-refractivity contribution is -0.139. The fourth-order valence-electron chi connectivity index (χ4n) is 3.73. The minimum atomic E-state index is -0.483. The van der Waals surface area contributed by atoms with E-state index in [0.29, 0.717) is 45.1 Å². The highest BCUT2D eigenvalue weighted by molar-refractivity contribution is 5.81. The van der Waals surface area contributed by atoms with Crippen molar-refractivity contribution in [2.75, 3.05) is 64.4 Å². The fourth-order valence-corrected chi connectivity index (χ4v) is 3.73. The van der Waals surface area contributed by atoms with Crippen LogP contribution in [0.1, 0.15) is 27.7 Å². The number of piperazine rings is 2. The average Bonchev–Trinajstić information content (AvgIpc) is 2.73. The van der Waals surface area contributed by atoms with Crippen molar-refractivity contribution in [3.63, 3.8) is 0 Å². The molecule has 9 heteroatoms. The van der Waals surface area contributed by atoms with Crippen LogP contribution in [0.5, 0.6) is 5.75 Å². The Balaban J connectivity index is 1.42. The number of amides is 2. The minimum Gasteiger partial charge on any atom is -0.491 e. The Hall–Kier alpha value is -2.55. The van der Waals surface area contributed by atoms with Gasteiger partial charge in [0.25, 0.3) is 0 Å². The average molecular weight is 434 g/mol. The standard InChI is InChI=1S/C22H35N5O4/c1-17-20(28)24(5)8-9-25(17)14-15-30-18-6-7-19(23-16-18)26-10-12-27(13-11-26)21(29)31-22(2,3)4/h6-7,16-17H,8-15H2,1-5H3/t17-/m1/s1. The van der Waals surface area contributed by atoms with E-state index in [9.17, 15) is 9.59 Å². The second kappa shape index (κ2) is 9.72. The van der Waals surface area contributed by atoms with Crippen molar-refractivity contribution in [2.24, 2.45) is 0 Å². The number of anilines is 1. The summed E-state index contributed by atoms with van der Waals surface area (Å²) in [5, 5.41) is 0. The lowest BCUT2D eigenvalue weighted by Crippen LogP contribution is -2.55. The van der Waals surface area contributed by atoms with Gasteiger partial charge in [-0.05, 0) is 39.8 Å². The summed E-state index contributed by atoms with van der Waals surface area (Å²) in [6.07, 6.45) is 1.47. The van der Waals surface area contributed by atoms with E-state index in [1.807, 2.05) is 46.9 Å². The normalized spacial score (nSPS) is 20.7. The third-order valence-electron chi connectivity index (χ3n) is 5.63. The molecular formula is C22H35N5O4. The van der Waals surface area contributed by atoms with Gasteiger partial charge in [-0.25, -0.2) is 9.78 Å². The Bertz CT molecular complexity index is 756. The van der Waals surface area contributed by atoms with E-state index in [-0.39, 0.29) is 18.0 Å². The number of hydrogen-bond donors (Lipinski definition) is 0. The smallest absolute Gasteiger partial charge is 0.410 e. The molecule has 31 heavy (non-hydrogen) atoms. The molecule has 0 bridgehead atoms. The number of nitrogens with zero attached hydrogens (tertiary/aromatic N) is 5. The molecule has 1 atom stereocenters. The van der Waals surface area contributed by atoms with Crippen molar-refractivity contribution in [1.29, 1.82) is 0 Å². The van der Waals surface area contributed by atoms with E-state index in [4.69, 9.17) is 9.47 Å². The van der Waals surface area contributed by atoms with Crippen LogP contribution >= 0.6 is 0 Å². The lowest BCUT2D eigenvalue weighted by Gasteiger charge is -2.37. The molecule has 2 fully saturated rings. The third kappa shape index (κ3) is 6.22. The van der Waals surface area contributed by atoms with Crippen LogP contribution in [0.15, 0.2) is 18.3 Å². The first-order chi connectivity index (χ1) is 14.6. The number of rotatable bonds is 5. The Morgan fingerprint density at radius 3 is 2.45 bits per heavy atom. The second-order valence-electron chi connectivity index (χ2n) is 9.13. The van der Waals surface area contributed by atoms with Crippen LogP contribution in [0, 0.1) is 0 Å². The second-order valence-corrected chi connectivity index (χ2v) is 9.13.